The number of rotatable bonds is 9. The fourth-order valence-electron chi connectivity index (χ4n) is 3.60. The van der Waals surface area contributed by atoms with E-state index in [1.165, 1.54) is 29.4 Å². The molecule has 0 radical (unpaired) electrons. The molecule has 1 aromatic carbocycles. The van der Waals surface area contributed by atoms with E-state index in [0.717, 1.165) is 0 Å². The molecule has 0 saturated carbocycles. The highest BCUT2D eigenvalue weighted by molar-refractivity contribution is 7.46. The lowest BCUT2D eigenvalue weighted by Crippen LogP contribution is -2.33. The van der Waals surface area contributed by atoms with Crippen molar-refractivity contribution < 1.29 is 43.7 Å². The summed E-state index contributed by atoms with van der Waals surface area (Å²) in [6, 6.07) is 4.67. The van der Waals surface area contributed by atoms with E-state index in [1.807, 2.05) is 0 Å². The van der Waals surface area contributed by atoms with Gasteiger partial charge in [-0.2, -0.15) is 0 Å². The van der Waals surface area contributed by atoms with Crippen molar-refractivity contribution >= 4 is 24.8 Å². The number of aromatic nitrogens is 4. The first kappa shape index (κ1) is 24.3. The molecule has 14 nitrogen and oxygen atoms in total. The maximum absolute atomic E-state index is 11.3. The zero-order valence-electron chi connectivity index (χ0n) is 17.9. The molecule has 1 fully saturated rings. The van der Waals surface area contributed by atoms with Crippen LogP contribution in [0.5, 0.6) is 11.5 Å². The summed E-state index contributed by atoms with van der Waals surface area (Å²) < 4.78 is 28.4. The van der Waals surface area contributed by atoms with Crippen LogP contribution in [0.3, 0.4) is 0 Å². The number of phosphoric acid groups is 1. The van der Waals surface area contributed by atoms with Crippen LogP contribution in [0.2, 0.25) is 0 Å². The van der Waals surface area contributed by atoms with E-state index in [4.69, 9.17) is 14.0 Å². The van der Waals surface area contributed by atoms with E-state index in [-0.39, 0.29) is 24.7 Å². The third kappa shape index (κ3) is 4.98. The highest BCUT2D eigenvalue weighted by Gasteiger charge is 2.44. The Labute approximate surface area is 193 Å². The van der Waals surface area contributed by atoms with Crippen molar-refractivity contribution in [2.24, 2.45) is 0 Å². The molecule has 0 aliphatic carbocycles. The van der Waals surface area contributed by atoms with Crippen LogP contribution in [0.15, 0.2) is 30.9 Å². The number of aliphatic hydroxyl groups excluding tert-OH is 3. The van der Waals surface area contributed by atoms with E-state index in [1.54, 1.807) is 13.0 Å². The van der Waals surface area contributed by atoms with Crippen molar-refractivity contribution in [3.8, 4) is 11.5 Å². The molecule has 0 unspecified atom stereocenters. The summed E-state index contributed by atoms with van der Waals surface area (Å²) in [5.74, 6) is 0.439. The molecule has 3 aromatic rings. The van der Waals surface area contributed by atoms with Crippen LogP contribution in [0.4, 0.5) is 5.82 Å². The van der Waals surface area contributed by atoms with Crippen LogP contribution in [-0.2, 0) is 15.8 Å². The molecule has 4 rings (SSSR count). The predicted octanol–water partition coefficient (Wildman–Crippen LogP) is -0.0799. The van der Waals surface area contributed by atoms with Gasteiger partial charge in [0.15, 0.2) is 34.7 Å². The predicted molar refractivity (Wildman–Crippen MR) is 116 cm³/mol. The monoisotopic (exact) mass is 497 g/mol. The van der Waals surface area contributed by atoms with Gasteiger partial charge >= 0.3 is 7.82 Å². The van der Waals surface area contributed by atoms with Gasteiger partial charge in [-0.3, -0.25) is 14.4 Å². The van der Waals surface area contributed by atoms with Gasteiger partial charge in [-0.05, 0) is 24.6 Å². The molecule has 0 spiro atoms. The lowest BCUT2D eigenvalue weighted by molar-refractivity contribution is -0.0511. The minimum atomic E-state index is -4.79. The van der Waals surface area contributed by atoms with Crippen molar-refractivity contribution in [3.05, 3.63) is 36.4 Å². The second-order valence-corrected chi connectivity index (χ2v) is 8.59. The minimum Gasteiger partial charge on any atom is -0.490 e. The maximum atomic E-state index is 11.3. The SMILES string of the molecule is CCOc1ccc(CNc2ncnc3c2ncn3[C@@H]2O[C@H](CO)[C@@H](O)[C@H]2O)cc1OP(=O)(O)O. The van der Waals surface area contributed by atoms with Gasteiger partial charge in [0.25, 0.3) is 0 Å². The molecule has 3 heterocycles. The normalized spacial score (nSPS) is 22.8. The van der Waals surface area contributed by atoms with E-state index < -0.39 is 39.0 Å². The standard InChI is InChI=1S/C19H24N5O9P/c1-2-31-11-4-3-10(5-12(11)33-34(28,29)30)6-20-17-14-18(22-8-21-17)24(9-23-14)19-16(27)15(26)13(7-25)32-19/h3-5,8-9,13,15-16,19,25-27H,2,6-7H2,1H3,(H,20,21,22)(H2,28,29,30)/t13-,15-,16-,19-/m1/s1. The fraction of sp³-hybridized carbons (Fsp3) is 0.421. The first-order valence-corrected chi connectivity index (χ1v) is 11.8. The number of ether oxygens (including phenoxy) is 2. The molecular weight excluding hydrogens is 473 g/mol. The lowest BCUT2D eigenvalue weighted by atomic mass is 10.1. The van der Waals surface area contributed by atoms with Crippen molar-refractivity contribution in [1.82, 2.24) is 19.5 Å². The summed E-state index contributed by atoms with van der Waals surface area (Å²) in [6.45, 7) is 1.75. The van der Waals surface area contributed by atoms with Crippen molar-refractivity contribution in [2.75, 3.05) is 18.5 Å². The molecule has 1 saturated heterocycles. The number of imidazole rings is 1. The molecule has 0 bridgehead atoms. The van der Waals surface area contributed by atoms with Gasteiger partial charge in [-0.15, -0.1) is 0 Å². The average molecular weight is 497 g/mol. The summed E-state index contributed by atoms with van der Waals surface area (Å²) in [6.07, 6.45) is -1.84. The maximum Gasteiger partial charge on any atom is 0.524 e. The van der Waals surface area contributed by atoms with Gasteiger partial charge in [0.05, 0.1) is 19.5 Å². The Hall–Kier alpha value is -2.84. The summed E-state index contributed by atoms with van der Waals surface area (Å²) in [4.78, 5) is 31.0. The topological polar surface area (TPSA) is 202 Å². The van der Waals surface area contributed by atoms with Gasteiger partial charge in [-0.25, -0.2) is 19.5 Å². The third-order valence-electron chi connectivity index (χ3n) is 5.14. The zero-order chi connectivity index (χ0) is 24.5. The Balaban J connectivity index is 1.56. The number of phosphoric ester groups is 1. The third-order valence-corrected chi connectivity index (χ3v) is 5.57. The number of nitrogens with zero attached hydrogens (tertiary/aromatic N) is 4. The summed E-state index contributed by atoms with van der Waals surface area (Å²) >= 11 is 0. The van der Waals surface area contributed by atoms with E-state index >= 15 is 0 Å². The fourth-order valence-corrected chi connectivity index (χ4v) is 4.00. The summed E-state index contributed by atoms with van der Waals surface area (Å²) in [5.41, 5.74) is 1.30. The minimum absolute atomic E-state index is 0.101. The quantitative estimate of drug-likeness (QED) is 0.215. The number of aliphatic hydroxyl groups is 3. The first-order valence-electron chi connectivity index (χ1n) is 10.3. The number of benzene rings is 1. The van der Waals surface area contributed by atoms with E-state index in [9.17, 15) is 29.7 Å². The van der Waals surface area contributed by atoms with Crippen molar-refractivity contribution in [3.63, 3.8) is 0 Å². The average Bonchev–Trinajstić information content (AvgIpc) is 3.34. The van der Waals surface area contributed by atoms with Crippen LogP contribution in [0, 0.1) is 0 Å². The molecule has 184 valence electrons. The molecule has 15 heteroatoms. The van der Waals surface area contributed by atoms with Crippen LogP contribution in [0.25, 0.3) is 11.2 Å². The van der Waals surface area contributed by atoms with Gasteiger partial charge in [0, 0.05) is 6.54 Å². The lowest BCUT2D eigenvalue weighted by Gasteiger charge is -2.16. The van der Waals surface area contributed by atoms with Crippen LogP contribution < -0.4 is 14.6 Å². The van der Waals surface area contributed by atoms with Gasteiger partial charge in [0.1, 0.15) is 24.6 Å². The molecule has 2 aromatic heterocycles. The number of hydrogen-bond acceptors (Lipinski definition) is 11. The first-order chi connectivity index (χ1) is 16.2. The smallest absolute Gasteiger partial charge is 0.490 e. The van der Waals surface area contributed by atoms with Crippen molar-refractivity contribution in [1.29, 1.82) is 0 Å². The Bertz CT molecular complexity index is 1200. The number of nitrogens with one attached hydrogen (secondary N) is 1. The van der Waals surface area contributed by atoms with Crippen LogP contribution in [0.1, 0.15) is 18.7 Å². The number of fused-ring (bicyclic) bond motifs is 1. The highest BCUT2D eigenvalue weighted by atomic mass is 31.2. The molecule has 0 amide bonds. The van der Waals surface area contributed by atoms with Gasteiger partial charge in [0.2, 0.25) is 0 Å². The molecule has 1 aliphatic heterocycles. The molecule has 34 heavy (non-hydrogen) atoms. The van der Waals surface area contributed by atoms with Crippen LogP contribution >= 0.6 is 7.82 Å². The Morgan fingerprint density at radius 3 is 2.65 bits per heavy atom. The highest BCUT2D eigenvalue weighted by Crippen LogP contribution is 2.42. The second-order valence-electron chi connectivity index (χ2n) is 7.42. The molecule has 1 aliphatic rings. The largest absolute Gasteiger partial charge is 0.524 e. The molecular formula is C19H24N5O9P. The molecule has 4 atom stereocenters. The molecule has 6 N–H and O–H groups in total. The number of anilines is 1. The second kappa shape index (κ2) is 9.80. The Morgan fingerprint density at radius 1 is 1.18 bits per heavy atom. The zero-order valence-corrected chi connectivity index (χ0v) is 18.8. The van der Waals surface area contributed by atoms with E-state index in [2.05, 4.69) is 20.3 Å². The Kier molecular flexibility index (Phi) is 7.00. The van der Waals surface area contributed by atoms with Crippen LogP contribution in [-0.4, -0.2) is 76.2 Å². The van der Waals surface area contributed by atoms with Crippen molar-refractivity contribution in [2.45, 2.75) is 38.0 Å². The van der Waals surface area contributed by atoms with E-state index in [0.29, 0.717) is 22.5 Å². The van der Waals surface area contributed by atoms with Gasteiger partial charge in [-0.1, -0.05) is 6.07 Å². The summed E-state index contributed by atoms with van der Waals surface area (Å²) in [7, 11) is -4.79. The van der Waals surface area contributed by atoms with Gasteiger partial charge < -0.3 is 34.6 Å². The number of hydrogen-bond donors (Lipinski definition) is 6. The Morgan fingerprint density at radius 2 is 1.97 bits per heavy atom. The summed E-state index contributed by atoms with van der Waals surface area (Å²) in [5, 5.41) is 32.7.